The van der Waals surface area contributed by atoms with Crippen molar-refractivity contribution in [2.75, 3.05) is 13.2 Å². The van der Waals surface area contributed by atoms with Crippen LogP contribution in [-0.4, -0.2) is 19.3 Å². The maximum Gasteiger partial charge on any atom is 0.0588 e. The minimum Gasteiger partial charge on any atom is -0.378 e. The molecule has 1 N–H and O–H groups in total. The highest BCUT2D eigenvalue weighted by atomic mass is 79.9. The Bertz CT molecular complexity index is 366. The molecular formula is C13H17BrClNO. The standard InChI is InChI=1S/C13H17BrClNO/c14-13-4-3-11(15)8-10(13)9-16-6-5-12-2-1-7-17-12/h3-4,8,12,16H,1-2,5-7,9H2. The lowest BCUT2D eigenvalue weighted by atomic mass is 10.2. The van der Waals surface area contributed by atoms with Crippen molar-refractivity contribution in [1.29, 1.82) is 0 Å². The van der Waals surface area contributed by atoms with Crippen LogP contribution in [0.3, 0.4) is 0 Å². The zero-order chi connectivity index (χ0) is 12.1. The Hall–Kier alpha value is -0.0900. The van der Waals surface area contributed by atoms with E-state index in [4.69, 9.17) is 16.3 Å². The molecular weight excluding hydrogens is 302 g/mol. The molecule has 2 nitrogen and oxygen atoms in total. The minimum atomic E-state index is 0.463. The lowest BCUT2D eigenvalue weighted by Gasteiger charge is -2.11. The first-order valence-electron chi connectivity index (χ1n) is 6.02. The Kier molecular flexibility index (Phi) is 5.29. The van der Waals surface area contributed by atoms with Crippen molar-refractivity contribution < 1.29 is 4.74 Å². The molecule has 0 bridgehead atoms. The van der Waals surface area contributed by atoms with E-state index in [1.165, 1.54) is 18.4 Å². The summed E-state index contributed by atoms with van der Waals surface area (Å²) in [5.74, 6) is 0. The van der Waals surface area contributed by atoms with Gasteiger partial charge in [-0.25, -0.2) is 0 Å². The monoisotopic (exact) mass is 317 g/mol. The van der Waals surface area contributed by atoms with Crippen LogP contribution in [0.4, 0.5) is 0 Å². The molecule has 0 aromatic heterocycles. The summed E-state index contributed by atoms with van der Waals surface area (Å²) in [5, 5.41) is 4.21. The van der Waals surface area contributed by atoms with Crippen LogP contribution in [0.1, 0.15) is 24.8 Å². The minimum absolute atomic E-state index is 0.463. The van der Waals surface area contributed by atoms with Gasteiger partial charge in [-0.1, -0.05) is 27.5 Å². The number of rotatable bonds is 5. The quantitative estimate of drug-likeness (QED) is 0.835. The van der Waals surface area contributed by atoms with Gasteiger partial charge in [0, 0.05) is 22.6 Å². The first-order valence-corrected chi connectivity index (χ1v) is 7.19. The summed E-state index contributed by atoms with van der Waals surface area (Å²) in [4.78, 5) is 0. The van der Waals surface area contributed by atoms with Gasteiger partial charge in [0.05, 0.1) is 6.10 Å². The normalized spacial score (nSPS) is 19.8. The Morgan fingerprint density at radius 1 is 1.47 bits per heavy atom. The third-order valence-electron chi connectivity index (χ3n) is 2.99. The molecule has 1 aromatic carbocycles. The number of ether oxygens (including phenoxy) is 1. The lowest BCUT2D eigenvalue weighted by Crippen LogP contribution is -2.20. The molecule has 1 aliphatic rings. The van der Waals surface area contributed by atoms with Crippen molar-refractivity contribution in [3.63, 3.8) is 0 Å². The van der Waals surface area contributed by atoms with E-state index in [0.29, 0.717) is 6.10 Å². The summed E-state index contributed by atoms with van der Waals surface area (Å²) in [6.45, 7) is 2.77. The highest BCUT2D eigenvalue weighted by Gasteiger charge is 2.14. The van der Waals surface area contributed by atoms with E-state index in [9.17, 15) is 0 Å². The highest BCUT2D eigenvalue weighted by molar-refractivity contribution is 9.10. The summed E-state index contributed by atoms with van der Waals surface area (Å²) >= 11 is 9.49. The molecule has 1 aliphatic heterocycles. The molecule has 0 amide bonds. The van der Waals surface area contributed by atoms with Crippen LogP contribution in [0.15, 0.2) is 22.7 Å². The average Bonchev–Trinajstić information content (AvgIpc) is 2.82. The Labute approximate surface area is 116 Å². The van der Waals surface area contributed by atoms with E-state index < -0.39 is 0 Å². The van der Waals surface area contributed by atoms with E-state index in [2.05, 4.69) is 21.2 Å². The number of benzene rings is 1. The molecule has 0 spiro atoms. The van der Waals surface area contributed by atoms with Crippen molar-refractivity contribution >= 4 is 27.5 Å². The Morgan fingerprint density at radius 3 is 3.12 bits per heavy atom. The molecule has 1 unspecified atom stereocenters. The van der Waals surface area contributed by atoms with Crippen molar-refractivity contribution in [3.05, 3.63) is 33.3 Å². The summed E-state index contributed by atoms with van der Waals surface area (Å²) in [6.07, 6.45) is 3.98. The summed E-state index contributed by atoms with van der Waals surface area (Å²) < 4.78 is 6.68. The largest absolute Gasteiger partial charge is 0.378 e. The van der Waals surface area contributed by atoms with E-state index in [-0.39, 0.29) is 0 Å². The Morgan fingerprint density at radius 2 is 2.35 bits per heavy atom. The molecule has 0 radical (unpaired) electrons. The van der Waals surface area contributed by atoms with Gasteiger partial charge >= 0.3 is 0 Å². The second-order valence-electron chi connectivity index (χ2n) is 4.34. The van der Waals surface area contributed by atoms with Gasteiger partial charge in [-0.2, -0.15) is 0 Å². The van der Waals surface area contributed by atoms with E-state index in [0.717, 1.165) is 35.6 Å². The molecule has 17 heavy (non-hydrogen) atoms. The van der Waals surface area contributed by atoms with E-state index >= 15 is 0 Å². The molecule has 4 heteroatoms. The maximum absolute atomic E-state index is 5.96. The first kappa shape index (κ1) is 13.3. The molecule has 0 aliphatic carbocycles. The molecule has 1 heterocycles. The maximum atomic E-state index is 5.96. The summed E-state index contributed by atoms with van der Waals surface area (Å²) in [5.41, 5.74) is 1.20. The van der Waals surface area contributed by atoms with Crippen LogP contribution < -0.4 is 5.32 Å². The summed E-state index contributed by atoms with van der Waals surface area (Å²) in [6, 6.07) is 5.87. The van der Waals surface area contributed by atoms with E-state index in [1.807, 2.05) is 18.2 Å². The van der Waals surface area contributed by atoms with Crippen molar-refractivity contribution in [2.45, 2.75) is 31.9 Å². The van der Waals surface area contributed by atoms with Gasteiger partial charge in [-0.3, -0.25) is 0 Å². The number of hydrogen-bond donors (Lipinski definition) is 1. The highest BCUT2D eigenvalue weighted by Crippen LogP contribution is 2.21. The second kappa shape index (κ2) is 6.74. The fourth-order valence-corrected chi connectivity index (χ4v) is 2.62. The van der Waals surface area contributed by atoms with Crippen LogP contribution in [0, 0.1) is 0 Å². The molecule has 0 saturated carbocycles. The third-order valence-corrected chi connectivity index (χ3v) is 4.00. The van der Waals surface area contributed by atoms with Gasteiger partial charge in [0.2, 0.25) is 0 Å². The SMILES string of the molecule is Clc1ccc(Br)c(CNCCC2CCCO2)c1. The average molecular weight is 319 g/mol. The lowest BCUT2D eigenvalue weighted by molar-refractivity contribution is 0.104. The van der Waals surface area contributed by atoms with Crippen LogP contribution in [0.25, 0.3) is 0 Å². The van der Waals surface area contributed by atoms with Gasteiger partial charge in [0.1, 0.15) is 0 Å². The fourth-order valence-electron chi connectivity index (χ4n) is 2.04. The molecule has 94 valence electrons. The second-order valence-corrected chi connectivity index (χ2v) is 5.63. The topological polar surface area (TPSA) is 21.3 Å². The van der Waals surface area contributed by atoms with Gasteiger partial charge in [0.25, 0.3) is 0 Å². The zero-order valence-electron chi connectivity index (χ0n) is 9.72. The molecule has 2 rings (SSSR count). The van der Waals surface area contributed by atoms with Gasteiger partial charge < -0.3 is 10.1 Å². The summed E-state index contributed by atoms with van der Waals surface area (Å²) in [7, 11) is 0. The van der Waals surface area contributed by atoms with Crippen molar-refractivity contribution in [2.24, 2.45) is 0 Å². The number of nitrogens with one attached hydrogen (secondary N) is 1. The number of halogens is 2. The molecule has 1 atom stereocenters. The van der Waals surface area contributed by atoms with E-state index in [1.54, 1.807) is 0 Å². The Balaban J connectivity index is 1.72. The molecule has 1 aromatic rings. The molecule has 1 saturated heterocycles. The molecule has 1 fully saturated rings. The van der Waals surface area contributed by atoms with Crippen LogP contribution >= 0.6 is 27.5 Å². The van der Waals surface area contributed by atoms with Gasteiger partial charge in [0.15, 0.2) is 0 Å². The van der Waals surface area contributed by atoms with Crippen molar-refractivity contribution in [1.82, 2.24) is 5.32 Å². The van der Waals surface area contributed by atoms with Crippen LogP contribution in [0.5, 0.6) is 0 Å². The fraction of sp³-hybridized carbons (Fsp3) is 0.538. The van der Waals surface area contributed by atoms with Crippen molar-refractivity contribution in [3.8, 4) is 0 Å². The first-order chi connectivity index (χ1) is 8.25. The van der Waals surface area contributed by atoms with Gasteiger partial charge in [-0.15, -0.1) is 0 Å². The number of hydrogen-bond acceptors (Lipinski definition) is 2. The van der Waals surface area contributed by atoms with Crippen LogP contribution in [-0.2, 0) is 11.3 Å². The predicted molar refractivity (Wildman–Crippen MR) is 74.4 cm³/mol. The van der Waals surface area contributed by atoms with Gasteiger partial charge in [-0.05, 0) is 49.6 Å². The predicted octanol–water partition coefficient (Wildman–Crippen LogP) is 3.76. The smallest absolute Gasteiger partial charge is 0.0588 e. The zero-order valence-corrected chi connectivity index (χ0v) is 12.1. The van der Waals surface area contributed by atoms with Crippen LogP contribution in [0.2, 0.25) is 5.02 Å². The third kappa shape index (κ3) is 4.25.